The molecule has 166 valence electrons. The van der Waals surface area contributed by atoms with Gasteiger partial charge >= 0.3 is 6.09 Å². The zero-order valence-electron chi connectivity index (χ0n) is 19.8. The summed E-state index contributed by atoms with van der Waals surface area (Å²) in [5, 5.41) is 0. The van der Waals surface area contributed by atoms with Gasteiger partial charge in [0.05, 0.1) is 17.1 Å². The molecule has 4 rings (SSSR count). The van der Waals surface area contributed by atoms with Gasteiger partial charge in [0.1, 0.15) is 5.60 Å². The van der Waals surface area contributed by atoms with Crippen molar-refractivity contribution in [1.29, 1.82) is 0 Å². The van der Waals surface area contributed by atoms with Crippen LogP contribution in [0.1, 0.15) is 44.5 Å². The van der Waals surface area contributed by atoms with Crippen molar-refractivity contribution < 1.29 is 9.53 Å². The first kappa shape index (κ1) is 22.0. The monoisotopic (exact) mass is 429 g/mol. The third kappa shape index (κ3) is 4.67. The Morgan fingerprint density at radius 3 is 1.91 bits per heavy atom. The molecule has 1 aromatic heterocycles. The Morgan fingerprint density at radius 1 is 0.906 bits per heavy atom. The second kappa shape index (κ2) is 8.38. The summed E-state index contributed by atoms with van der Waals surface area (Å²) in [5.74, 6) is 0.865. The number of aryl methyl sites for hydroxylation is 2. The van der Waals surface area contributed by atoms with Crippen LogP contribution in [0.25, 0.3) is 22.5 Å². The van der Waals surface area contributed by atoms with E-state index in [4.69, 9.17) is 14.7 Å². The summed E-state index contributed by atoms with van der Waals surface area (Å²) in [7, 11) is 0. The Labute approximate surface area is 190 Å². The van der Waals surface area contributed by atoms with E-state index in [1.165, 1.54) is 11.1 Å². The summed E-state index contributed by atoms with van der Waals surface area (Å²) in [5.41, 5.74) is 6.24. The number of ether oxygens (including phenoxy) is 1. The highest BCUT2D eigenvalue weighted by Crippen LogP contribution is 2.36. The summed E-state index contributed by atoms with van der Waals surface area (Å²) in [6.45, 7) is 12.5. The summed E-state index contributed by atoms with van der Waals surface area (Å²) < 4.78 is 5.69. The first-order valence-electron chi connectivity index (χ1n) is 11.2. The molecule has 1 aliphatic rings. The molecule has 0 radical (unpaired) electrons. The van der Waals surface area contributed by atoms with Gasteiger partial charge in [-0.2, -0.15) is 0 Å². The molecule has 1 unspecified atom stereocenters. The molecule has 5 heteroatoms. The highest BCUT2D eigenvalue weighted by molar-refractivity contribution is 5.89. The van der Waals surface area contributed by atoms with Crippen molar-refractivity contribution in [3.8, 4) is 22.5 Å². The Morgan fingerprint density at radius 2 is 1.41 bits per heavy atom. The van der Waals surface area contributed by atoms with E-state index in [9.17, 15) is 4.79 Å². The molecule has 0 N–H and O–H groups in total. The van der Waals surface area contributed by atoms with Crippen LogP contribution in [0.4, 0.5) is 10.6 Å². The standard InChI is InChI=1S/C27H31N3O2/c1-17-7-11-20(12-8-17)23-24(21-13-9-18(2)10-14-21)29-25-22(28-23)15-19(3)16-30(25)26(31)32-27(4,5)6/h7-14,19H,15-16H2,1-6H3. The zero-order chi connectivity index (χ0) is 23.0. The molecular weight excluding hydrogens is 398 g/mol. The Hall–Kier alpha value is -3.21. The van der Waals surface area contributed by atoms with Gasteiger partial charge in [0.2, 0.25) is 0 Å². The van der Waals surface area contributed by atoms with Crippen molar-refractivity contribution >= 4 is 11.9 Å². The highest BCUT2D eigenvalue weighted by Gasteiger charge is 2.33. The SMILES string of the molecule is Cc1ccc(-c2nc3c(nc2-c2ccc(C)cc2)N(C(=O)OC(C)(C)C)CC(C)C3)cc1. The number of carbonyl (C=O) groups is 1. The molecule has 0 saturated carbocycles. The maximum Gasteiger partial charge on any atom is 0.416 e. The molecule has 0 aliphatic carbocycles. The van der Waals surface area contributed by atoms with Crippen molar-refractivity contribution in [3.05, 3.63) is 65.4 Å². The van der Waals surface area contributed by atoms with E-state index in [1.807, 2.05) is 20.8 Å². The van der Waals surface area contributed by atoms with Gasteiger partial charge in [-0.25, -0.2) is 14.8 Å². The summed E-state index contributed by atoms with van der Waals surface area (Å²) in [6, 6.07) is 16.6. The van der Waals surface area contributed by atoms with Crippen LogP contribution < -0.4 is 4.90 Å². The highest BCUT2D eigenvalue weighted by atomic mass is 16.6. The lowest BCUT2D eigenvalue weighted by Crippen LogP contribution is -2.43. The number of hydrogen-bond acceptors (Lipinski definition) is 4. The maximum absolute atomic E-state index is 13.0. The van der Waals surface area contributed by atoms with Gasteiger partial charge in [0.15, 0.2) is 5.82 Å². The molecule has 2 aromatic carbocycles. The Kier molecular flexibility index (Phi) is 5.76. The van der Waals surface area contributed by atoms with Crippen LogP contribution in [-0.2, 0) is 11.2 Å². The molecule has 1 aliphatic heterocycles. The second-order valence-electron chi connectivity index (χ2n) is 9.82. The number of fused-ring (bicyclic) bond motifs is 1. The quantitative estimate of drug-likeness (QED) is 0.475. The minimum atomic E-state index is -0.576. The number of benzene rings is 2. The number of aromatic nitrogens is 2. The van der Waals surface area contributed by atoms with Gasteiger partial charge < -0.3 is 4.74 Å². The number of hydrogen-bond donors (Lipinski definition) is 0. The van der Waals surface area contributed by atoms with Gasteiger partial charge in [-0.3, -0.25) is 4.90 Å². The summed E-state index contributed by atoms with van der Waals surface area (Å²) >= 11 is 0. The fourth-order valence-corrected chi connectivity index (χ4v) is 3.91. The van der Waals surface area contributed by atoms with Gasteiger partial charge in [0.25, 0.3) is 0 Å². The van der Waals surface area contributed by atoms with Gasteiger partial charge in [0, 0.05) is 17.7 Å². The first-order chi connectivity index (χ1) is 15.1. The third-order valence-electron chi connectivity index (χ3n) is 5.50. The van der Waals surface area contributed by atoms with E-state index in [2.05, 4.69) is 69.3 Å². The average molecular weight is 430 g/mol. The van der Waals surface area contributed by atoms with Crippen LogP contribution in [-0.4, -0.2) is 28.2 Å². The van der Waals surface area contributed by atoms with Crippen LogP contribution in [0.3, 0.4) is 0 Å². The molecule has 2 heterocycles. The number of rotatable bonds is 2. The van der Waals surface area contributed by atoms with Crippen LogP contribution in [0.5, 0.6) is 0 Å². The van der Waals surface area contributed by atoms with Gasteiger partial charge in [-0.15, -0.1) is 0 Å². The normalized spacial score (nSPS) is 15.9. The van der Waals surface area contributed by atoms with E-state index < -0.39 is 5.60 Å². The predicted octanol–water partition coefficient (Wildman–Crippen LogP) is 6.36. The zero-order valence-corrected chi connectivity index (χ0v) is 19.8. The molecule has 1 atom stereocenters. The lowest BCUT2D eigenvalue weighted by molar-refractivity contribution is 0.0570. The van der Waals surface area contributed by atoms with Crippen LogP contribution >= 0.6 is 0 Å². The minimum Gasteiger partial charge on any atom is -0.443 e. The van der Waals surface area contributed by atoms with Crippen molar-refractivity contribution in [2.45, 2.75) is 53.6 Å². The Balaban J connectivity index is 1.89. The molecule has 3 aromatic rings. The molecule has 0 saturated heterocycles. The number of nitrogens with zero attached hydrogens (tertiary/aromatic N) is 3. The topological polar surface area (TPSA) is 55.3 Å². The lowest BCUT2D eigenvalue weighted by atomic mass is 9.97. The summed E-state index contributed by atoms with van der Waals surface area (Å²) in [4.78, 5) is 24.8. The van der Waals surface area contributed by atoms with Crippen molar-refractivity contribution in [2.24, 2.45) is 5.92 Å². The van der Waals surface area contributed by atoms with Gasteiger partial charge in [-0.05, 0) is 47.0 Å². The van der Waals surface area contributed by atoms with Crippen LogP contribution in [0, 0.1) is 19.8 Å². The van der Waals surface area contributed by atoms with Gasteiger partial charge in [-0.1, -0.05) is 66.6 Å². The lowest BCUT2D eigenvalue weighted by Gasteiger charge is -2.33. The molecule has 0 bridgehead atoms. The third-order valence-corrected chi connectivity index (χ3v) is 5.50. The molecular formula is C27H31N3O2. The van der Waals surface area contributed by atoms with Crippen molar-refractivity contribution in [2.75, 3.05) is 11.4 Å². The fraction of sp³-hybridized carbons (Fsp3) is 0.370. The Bertz CT molecular complexity index is 1130. The second-order valence-corrected chi connectivity index (χ2v) is 9.82. The fourth-order valence-electron chi connectivity index (χ4n) is 3.91. The smallest absolute Gasteiger partial charge is 0.416 e. The van der Waals surface area contributed by atoms with E-state index in [0.717, 1.165) is 34.6 Å². The van der Waals surface area contributed by atoms with E-state index >= 15 is 0 Å². The molecule has 1 amide bonds. The first-order valence-corrected chi connectivity index (χ1v) is 11.2. The number of anilines is 1. The van der Waals surface area contributed by atoms with Crippen molar-refractivity contribution in [3.63, 3.8) is 0 Å². The predicted molar refractivity (Wildman–Crippen MR) is 129 cm³/mol. The van der Waals surface area contributed by atoms with Crippen LogP contribution in [0.15, 0.2) is 48.5 Å². The molecule has 0 spiro atoms. The maximum atomic E-state index is 13.0. The largest absolute Gasteiger partial charge is 0.443 e. The molecule has 0 fully saturated rings. The summed E-state index contributed by atoms with van der Waals surface area (Å²) in [6.07, 6.45) is 0.395. The van der Waals surface area contributed by atoms with Crippen LogP contribution in [0.2, 0.25) is 0 Å². The molecule has 32 heavy (non-hydrogen) atoms. The van der Waals surface area contributed by atoms with E-state index in [-0.39, 0.29) is 12.0 Å². The number of carbonyl (C=O) groups excluding carboxylic acids is 1. The minimum absolute atomic E-state index is 0.264. The molecule has 5 nitrogen and oxygen atoms in total. The van der Waals surface area contributed by atoms with Crippen molar-refractivity contribution in [1.82, 2.24) is 9.97 Å². The van der Waals surface area contributed by atoms with E-state index in [0.29, 0.717) is 12.4 Å². The average Bonchev–Trinajstić information content (AvgIpc) is 2.72. The number of amides is 1. The van der Waals surface area contributed by atoms with E-state index in [1.54, 1.807) is 4.90 Å².